The Morgan fingerprint density at radius 3 is 2.60 bits per heavy atom. The van der Waals surface area contributed by atoms with E-state index in [0.717, 1.165) is 0 Å². The molecule has 0 radical (unpaired) electrons. The molecule has 0 spiro atoms. The van der Waals surface area contributed by atoms with Gasteiger partial charge in [-0.15, -0.1) is 0 Å². The Bertz CT molecular complexity index is 679. The number of rotatable bonds is 9. The Balaban J connectivity index is 1.96. The first-order valence-corrected chi connectivity index (χ1v) is 8.24. The summed E-state index contributed by atoms with van der Waals surface area (Å²) in [5.41, 5.74) is 5.63. The van der Waals surface area contributed by atoms with Gasteiger partial charge in [0.05, 0.1) is 25.3 Å². The summed E-state index contributed by atoms with van der Waals surface area (Å²) < 4.78 is 11.3. The van der Waals surface area contributed by atoms with Crippen molar-refractivity contribution in [2.75, 3.05) is 26.3 Å². The number of hydrogen-bond donors (Lipinski definition) is 3. The summed E-state index contributed by atoms with van der Waals surface area (Å²) in [6, 6.07) is 13.3. The summed E-state index contributed by atoms with van der Waals surface area (Å²) in [5.74, 6) is 0.152. The van der Waals surface area contributed by atoms with Crippen molar-refractivity contribution in [1.29, 1.82) is 0 Å². The highest BCUT2D eigenvalue weighted by molar-refractivity contribution is 6.30. The number of halogens is 1. The van der Waals surface area contributed by atoms with Gasteiger partial charge in [0.25, 0.3) is 5.91 Å². The van der Waals surface area contributed by atoms with Crippen LogP contribution in [-0.4, -0.2) is 43.4 Å². The highest BCUT2D eigenvalue weighted by Gasteiger charge is 2.15. The molecule has 0 saturated carbocycles. The van der Waals surface area contributed by atoms with Crippen LogP contribution >= 0.6 is 11.6 Å². The molecule has 25 heavy (non-hydrogen) atoms. The lowest BCUT2D eigenvalue weighted by Gasteiger charge is -2.20. The molecule has 0 aliphatic heterocycles. The predicted octanol–water partition coefficient (Wildman–Crippen LogP) is 2.20. The van der Waals surface area contributed by atoms with Gasteiger partial charge in [-0.3, -0.25) is 4.79 Å². The van der Waals surface area contributed by atoms with E-state index in [9.17, 15) is 9.90 Å². The van der Waals surface area contributed by atoms with E-state index in [1.54, 1.807) is 42.5 Å². The van der Waals surface area contributed by atoms with Crippen LogP contribution in [-0.2, 0) is 4.74 Å². The third-order valence-electron chi connectivity index (χ3n) is 3.32. The molecule has 1 amide bonds. The first-order valence-electron chi connectivity index (χ1n) is 7.86. The number of hydrogen-bond acceptors (Lipinski definition) is 5. The lowest BCUT2D eigenvalue weighted by Crippen LogP contribution is -2.38. The predicted molar refractivity (Wildman–Crippen MR) is 96.2 cm³/mol. The number of phenolic OH excluding ortho intramolecular Hbond substituents is 1. The zero-order chi connectivity index (χ0) is 18.1. The van der Waals surface area contributed by atoms with Crippen LogP contribution in [0.1, 0.15) is 10.4 Å². The molecule has 134 valence electrons. The topological polar surface area (TPSA) is 93.8 Å². The van der Waals surface area contributed by atoms with E-state index in [-0.39, 0.29) is 30.4 Å². The van der Waals surface area contributed by atoms with Gasteiger partial charge >= 0.3 is 0 Å². The van der Waals surface area contributed by atoms with Crippen LogP contribution in [0.4, 0.5) is 0 Å². The van der Waals surface area contributed by atoms with Gasteiger partial charge in [-0.25, -0.2) is 0 Å². The lowest BCUT2D eigenvalue weighted by atomic mass is 10.2. The molecule has 0 unspecified atom stereocenters. The molecule has 2 rings (SSSR count). The molecule has 0 heterocycles. The van der Waals surface area contributed by atoms with Gasteiger partial charge in [0.15, 0.2) is 0 Å². The fourth-order valence-corrected chi connectivity index (χ4v) is 2.23. The third-order valence-corrected chi connectivity index (χ3v) is 3.57. The second-order valence-electron chi connectivity index (χ2n) is 5.28. The standard InChI is InChI=1S/C18H21ClN2O4/c19-13-5-7-14(8-6-13)25-15(12-24-10-9-20)11-21-18(23)16-3-1-2-4-17(16)22/h1-8,15,22H,9-12,20H2,(H,21,23)/t15-/m0/s1. The van der Waals surface area contributed by atoms with E-state index >= 15 is 0 Å². The van der Waals surface area contributed by atoms with Crippen LogP contribution in [0, 0.1) is 0 Å². The third kappa shape index (κ3) is 6.26. The summed E-state index contributed by atoms with van der Waals surface area (Å²) in [6.07, 6.45) is -0.414. The quantitative estimate of drug-likeness (QED) is 0.593. The molecule has 2 aromatic carbocycles. The van der Waals surface area contributed by atoms with Crippen LogP contribution in [0.3, 0.4) is 0 Å². The Morgan fingerprint density at radius 1 is 1.20 bits per heavy atom. The molecule has 0 fully saturated rings. The van der Waals surface area contributed by atoms with Crippen LogP contribution in [0.25, 0.3) is 0 Å². The zero-order valence-corrected chi connectivity index (χ0v) is 14.4. The fraction of sp³-hybridized carbons (Fsp3) is 0.278. The molecule has 7 heteroatoms. The van der Waals surface area contributed by atoms with E-state index in [1.807, 2.05) is 0 Å². The molecule has 1 atom stereocenters. The van der Waals surface area contributed by atoms with Crippen molar-refractivity contribution in [2.24, 2.45) is 5.73 Å². The minimum absolute atomic E-state index is 0.0745. The van der Waals surface area contributed by atoms with E-state index in [2.05, 4.69) is 5.32 Å². The van der Waals surface area contributed by atoms with Crippen LogP contribution < -0.4 is 15.8 Å². The first kappa shape index (κ1) is 19.1. The van der Waals surface area contributed by atoms with Crippen molar-refractivity contribution in [3.05, 3.63) is 59.1 Å². The number of para-hydroxylation sites is 1. The van der Waals surface area contributed by atoms with Gasteiger partial charge in [-0.1, -0.05) is 23.7 Å². The summed E-state index contributed by atoms with van der Waals surface area (Å²) >= 11 is 5.86. The first-order chi connectivity index (χ1) is 12.1. The van der Waals surface area contributed by atoms with E-state index in [0.29, 0.717) is 23.9 Å². The van der Waals surface area contributed by atoms with Crippen molar-refractivity contribution < 1.29 is 19.4 Å². The number of ether oxygens (including phenoxy) is 2. The van der Waals surface area contributed by atoms with Crippen LogP contribution in [0.15, 0.2) is 48.5 Å². The van der Waals surface area contributed by atoms with Gasteiger partial charge < -0.3 is 25.6 Å². The van der Waals surface area contributed by atoms with E-state index in [1.165, 1.54) is 6.07 Å². The average Bonchev–Trinajstić information content (AvgIpc) is 2.61. The maximum Gasteiger partial charge on any atom is 0.255 e. The average molecular weight is 365 g/mol. The number of amides is 1. The Morgan fingerprint density at radius 2 is 1.92 bits per heavy atom. The molecular weight excluding hydrogens is 344 g/mol. The van der Waals surface area contributed by atoms with E-state index in [4.69, 9.17) is 26.8 Å². The van der Waals surface area contributed by atoms with Crippen molar-refractivity contribution in [1.82, 2.24) is 5.32 Å². The summed E-state index contributed by atoms with van der Waals surface area (Å²) in [6.45, 7) is 1.27. The molecule has 0 aliphatic rings. The summed E-state index contributed by atoms with van der Waals surface area (Å²) in [5, 5.41) is 13.1. The molecule has 4 N–H and O–H groups in total. The molecule has 0 aliphatic carbocycles. The highest BCUT2D eigenvalue weighted by atomic mass is 35.5. The number of carbonyl (C=O) groups is 1. The number of nitrogens with two attached hydrogens (primary N) is 1. The molecule has 0 aromatic heterocycles. The lowest BCUT2D eigenvalue weighted by molar-refractivity contribution is 0.0520. The van der Waals surface area contributed by atoms with Gasteiger partial charge in [0.2, 0.25) is 0 Å². The van der Waals surface area contributed by atoms with Gasteiger partial charge in [-0.05, 0) is 36.4 Å². The number of aromatic hydroxyl groups is 1. The minimum Gasteiger partial charge on any atom is -0.507 e. The minimum atomic E-state index is -0.414. The Labute approximate surface area is 151 Å². The Hall–Kier alpha value is -2.28. The number of phenols is 1. The Kier molecular flexibility index (Phi) is 7.53. The smallest absolute Gasteiger partial charge is 0.255 e. The van der Waals surface area contributed by atoms with E-state index < -0.39 is 6.10 Å². The van der Waals surface area contributed by atoms with Crippen LogP contribution in [0.2, 0.25) is 5.02 Å². The largest absolute Gasteiger partial charge is 0.507 e. The van der Waals surface area contributed by atoms with Gasteiger partial charge in [0, 0.05) is 11.6 Å². The maximum atomic E-state index is 12.2. The van der Waals surface area contributed by atoms with Gasteiger partial charge in [-0.2, -0.15) is 0 Å². The van der Waals surface area contributed by atoms with Crippen molar-refractivity contribution in [3.63, 3.8) is 0 Å². The molecule has 2 aromatic rings. The molecule has 6 nitrogen and oxygen atoms in total. The number of benzene rings is 2. The monoisotopic (exact) mass is 364 g/mol. The fourth-order valence-electron chi connectivity index (χ4n) is 2.11. The van der Waals surface area contributed by atoms with Crippen LogP contribution in [0.5, 0.6) is 11.5 Å². The number of nitrogens with one attached hydrogen (secondary N) is 1. The second kappa shape index (κ2) is 9.88. The molecular formula is C18H21ClN2O4. The second-order valence-corrected chi connectivity index (χ2v) is 5.72. The maximum absolute atomic E-state index is 12.2. The van der Waals surface area contributed by atoms with Crippen molar-refractivity contribution in [2.45, 2.75) is 6.10 Å². The summed E-state index contributed by atoms with van der Waals surface area (Å²) in [4.78, 5) is 12.2. The summed E-state index contributed by atoms with van der Waals surface area (Å²) in [7, 11) is 0. The molecule has 0 saturated heterocycles. The number of carbonyl (C=O) groups excluding carboxylic acids is 1. The normalized spacial score (nSPS) is 11.8. The highest BCUT2D eigenvalue weighted by Crippen LogP contribution is 2.17. The SMILES string of the molecule is NCCOC[C@H](CNC(=O)c1ccccc1O)Oc1ccc(Cl)cc1. The molecule has 0 bridgehead atoms. The zero-order valence-electron chi connectivity index (χ0n) is 13.7. The van der Waals surface area contributed by atoms with Crippen molar-refractivity contribution >= 4 is 17.5 Å². The van der Waals surface area contributed by atoms with Crippen molar-refractivity contribution in [3.8, 4) is 11.5 Å². The van der Waals surface area contributed by atoms with Gasteiger partial charge in [0.1, 0.15) is 17.6 Å².